The van der Waals surface area contributed by atoms with E-state index in [-0.39, 0.29) is 29.2 Å². The Morgan fingerprint density at radius 2 is 1.84 bits per heavy atom. The summed E-state index contributed by atoms with van der Waals surface area (Å²) in [6.07, 6.45) is 6.19. The van der Waals surface area contributed by atoms with Gasteiger partial charge in [0.05, 0.1) is 23.6 Å². The molecule has 0 spiro atoms. The van der Waals surface area contributed by atoms with E-state index >= 15 is 0 Å². The lowest BCUT2D eigenvalue weighted by Gasteiger charge is -2.39. The third-order valence-corrected chi connectivity index (χ3v) is 9.18. The molecule has 1 saturated carbocycles. The Labute approximate surface area is 216 Å². The van der Waals surface area contributed by atoms with Crippen molar-refractivity contribution >= 4 is 26.8 Å². The first-order valence-electron chi connectivity index (χ1n) is 12.5. The normalized spacial score (nSPS) is 25.3. The predicted molar refractivity (Wildman–Crippen MR) is 139 cm³/mol. The second kappa shape index (κ2) is 10.4. The summed E-state index contributed by atoms with van der Waals surface area (Å²) in [6.45, 7) is 0.440. The van der Waals surface area contributed by atoms with Crippen LogP contribution in [0.4, 0.5) is 4.39 Å². The zero-order chi connectivity index (χ0) is 26.0. The van der Waals surface area contributed by atoms with Gasteiger partial charge in [-0.1, -0.05) is 54.6 Å². The molecule has 1 saturated heterocycles. The third-order valence-electron chi connectivity index (χ3n) is 7.72. The molecule has 3 aromatic carbocycles. The van der Waals surface area contributed by atoms with Gasteiger partial charge in [-0.3, -0.25) is 4.79 Å². The molecule has 37 heavy (non-hydrogen) atoms. The zero-order valence-corrected chi connectivity index (χ0v) is 21.2. The van der Waals surface area contributed by atoms with Gasteiger partial charge in [-0.15, -0.1) is 0 Å². The summed E-state index contributed by atoms with van der Waals surface area (Å²) in [4.78, 5) is 11.0. The van der Waals surface area contributed by atoms with Crippen LogP contribution in [0.5, 0.6) is 0 Å². The lowest BCUT2D eigenvalue weighted by molar-refractivity contribution is -0.137. The topological polar surface area (TPSA) is 92.7 Å². The predicted octanol–water partition coefficient (Wildman–Crippen LogP) is 5.18. The van der Waals surface area contributed by atoms with Crippen molar-refractivity contribution in [3.63, 3.8) is 0 Å². The highest BCUT2D eigenvalue weighted by Gasteiger charge is 2.60. The van der Waals surface area contributed by atoms with Crippen LogP contribution < -0.4 is 4.72 Å². The number of carboxylic acid groups (broad SMARTS) is 1. The molecule has 8 heteroatoms. The highest BCUT2D eigenvalue weighted by molar-refractivity contribution is 7.89. The Morgan fingerprint density at radius 1 is 1.08 bits per heavy atom. The van der Waals surface area contributed by atoms with Crippen LogP contribution in [0.1, 0.15) is 37.7 Å². The average molecular weight is 524 g/mol. The molecule has 194 valence electrons. The number of allylic oxidation sites excluding steroid dienone is 2. The maximum Gasteiger partial charge on any atom is 0.303 e. The molecule has 2 aliphatic rings. The number of sulfonamides is 1. The lowest BCUT2D eigenvalue weighted by Crippen LogP contribution is -2.51. The summed E-state index contributed by atoms with van der Waals surface area (Å²) in [7, 11) is -3.83. The molecule has 2 bridgehead atoms. The summed E-state index contributed by atoms with van der Waals surface area (Å²) in [5.74, 6) is -1.25. The first kappa shape index (κ1) is 25.6. The molecule has 1 aliphatic heterocycles. The molecule has 6 nitrogen and oxygen atoms in total. The molecule has 0 amide bonds. The highest BCUT2D eigenvalue weighted by Crippen LogP contribution is 2.54. The fourth-order valence-electron chi connectivity index (χ4n) is 5.87. The minimum Gasteiger partial charge on any atom is -0.481 e. The van der Waals surface area contributed by atoms with Gasteiger partial charge in [-0.25, -0.2) is 17.5 Å². The van der Waals surface area contributed by atoms with Crippen LogP contribution in [0, 0.1) is 11.7 Å². The van der Waals surface area contributed by atoms with Gasteiger partial charge in [0.15, 0.2) is 0 Å². The molecule has 4 atom stereocenters. The van der Waals surface area contributed by atoms with Crippen LogP contribution in [-0.4, -0.2) is 38.2 Å². The Bertz CT molecular complexity index is 1420. The molecular formula is C29H30FNO5S. The van der Waals surface area contributed by atoms with E-state index in [0.717, 1.165) is 16.3 Å². The molecule has 0 aromatic heterocycles. The van der Waals surface area contributed by atoms with E-state index in [1.165, 1.54) is 12.1 Å². The number of hydrogen-bond acceptors (Lipinski definition) is 4. The van der Waals surface area contributed by atoms with Crippen molar-refractivity contribution in [3.8, 4) is 0 Å². The van der Waals surface area contributed by atoms with Crippen LogP contribution in [0.15, 0.2) is 83.8 Å². The van der Waals surface area contributed by atoms with Crippen molar-refractivity contribution in [2.24, 2.45) is 5.92 Å². The minimum absolute atomic E-state index is 0.109. The average Bonchev–Trinajstić information content (AvgIpc) is 3.44. The monoisotopic (exact) mass is 523 g/mol. The van der Waals surface area contributed by atoms with Gasteiger partial charge in [0.2, 0.25) is 10.0 Å². The number of fused-ring (bicyclic) bond motifs is 3. The summed E-state index contributed by atoms with van der Waals surface area (Å²) in [5.41, 5.74) is 0.494. The molecule has 2 fully saturated rings. The van der Waals surface area contributed by atoms with Crippen molar-refractivity contribution in [1.82, 2.24) is 4.72 Å². The number of rotatable bonds is 10. The van der Waals surface area contributed by atoms with Gasteiger partial charge in [0.25, 0.3) is 0 Å². The minimum atomic E-state index is -3.83. The largest absolute Gasteiger partial charge is 0.481 e. The third kappa shape index (κ3) is 5.19. The molecule has 0 unspecified atom stereocenters. The Morgan fingerprint density at radius 3 is 2.59 bits per heavy atom. The van der Waals surface area contributed by atoms with Gasteiger partial charge in [0.1, 0.15) is 5.82 Å². The number of unbranched alkanes of at least 4 members (excludes halogenated alkanes) is 1. The van der Waals surface area contributed by atoms with Crippen LogP contribution >= 0.6 is 0 Å². The summed E-state index contributed by atoms with van der Waals surface area (Å²) < 4.78 is 49.8. The molecule has 3 aromatic rings. The highest BCUT2D eigenvalue weighted by atomic mass is 32.2. The summed E-state index contributed by atoms with van der Waals surface area (Å²) >= 11 is 0. The second-order valence-electron chi connectivity index (χ2n) is 9.97. The smallest absolute Gasteiger partial charge is 0.303 e. The number of halogens is 1. The molecular weight excluding hydrogens is 493 g/mol. The number of carbonyl (C=O) groups is 1. The first-order valence-corrected chi connectivity index (χ1v) is 14.0. The number of ether oxygens (including phenoxy) is 1. The van der Waals surface area contributed by atoms with E-state index in [0.29, 0.717) is 32.3 Å². The van der Waals surface area contributed by atoms with Gasteiger partial charge in [0, 0.05) is 11.8 Å². The van der Waals surface area contributed by atoms with Crippen molar-refractivity contribution in [1.29, 1.82) is 0 Å². The fourth-order valence-corrected chi connectivity index (χ4v) is 7.21. The number of aliphatic carboxylic acids is 1. The summed E-state index contributed by atoms with van der Waals surface area (Å²) in [5, 5.41) is 10.7. The van der Waals surface area contributed by atoms with E-state index in [9.17, 15) is 17.6 Å². The van der Waals surface area contributed by atoms with E-state index in [1.54, 1.807) is 30.3 Å². The quantitative estimate of drug-likeness (QED) is 0.282. The first-order chi connectivity index (χ1) is 17.8. The van der Waals surface area contributed by atoms with Crippen molar-refractivity contribution in [3.05, 3.63) is 90.3 Å². The second-order valence-corrected chi connectivity index (χ2v) is 11.7. The van der Waals surface area contributed by atoms with Gasteiger partial charge >= 0.3 is 5.97 Å². The van der Waals surface area contributed by atoms with Crippen molar-refractivity contribution in [2.45, 2.75) is 54.6 Å². The Hall–Kier alpha value is -3.07. The maximum absolute atomic E-state index is 13.7. The SMILES string of the molecule is O=C(O)CCCC=CC[C@@H]1[C@@H](NS(=O)(=O)c2ccc3ccccc3c2)[C@H]2C[C@]1(c1ccc(F)cc1)CO2. The number of benzene rings is 3. The van der Waals surface area contributed by atoms with Gasteiger partial charge in [-0.2, -0.15) is 0 Å². The van der Waals surface area contributed by atoms with E-state index in [4.69, 9.17) is 9.84 Å². The van der Waals surface area contributed by atoms with Crippen LogP contribution in [0.2, 0.25) is 0 Å². The van der Waals surface area contributed by atoms with Crippen molar-refractivity contribution < 1.29 is 27.4 Å². The molecule has 1 aliphatic carbocycles. The Kier molecular flexibility index (Phi) is 7.16. The Balaban J connectivity index is 1.42. The number of nitrogens with one attached hydrogen (secondary N) is 1. The number of hydrogen-bond donors (Lipinski definition) is 2. The van der Waals surface area contributed by atoms with Crippen molar-refractivity contribution in [2.75, 3.05) is 6.61 Å². The van der Waals surface area contributed by atoms with E-state index in [1.807, 2.05) is 36.4 Å². The molecule has 2 N–H and O–H groups in total. The van der Waals surface area contributed by atoms with Crippen LogP contribution in [0.25, 0.3) is 10.8 Å². The molecule has 1 heterocycles. The van der Waals surface area contributed by atoms with Crippen LogP contribution in [0.3, 0.4) is 0 Å². The summed E-state index contributed by atoms with van der Waals surface area (Å²) in [6, 6.07) is 18.7. The standard InChI is InChI=1S/C29H30FNO5S/c30-23-14-12-22(13-15-23)29-18-26(36-19-29)28(25(29)9-3-1-2-4-10-27(32)33)31-37(34,35)24-16-11-20-7-5-6-8-21(20)17-24/h1,3,5-8,11-17,25-26,28,31H,2,4,9-10,18-19H2,(H,32,33)/t25-,26-,28-,29-/m1/s1. The molecule has 0 radical (unpaired) electrons. The molecule has 5 rings (SSSR count). The van der Waals surface area contributed by atoms with Gasteiger partial charge < -0.3 is 9.84 Å². The van der Waals surface area contributed by atoms with E-state index < -0.39 is 27.4 Å². The zero-order valence-electron chi connectivity index (χ0n) is 20.3. The fraction of sp³-hybridized carbons (Fsp3) is 0.345. The lowest BCUT2D eigenvalue weighted by atomic mass is 9.71. The van der Waals surface area contributed by atoms with Gasteiger partial charge in [-0.05, 0) is 72.2 Å². The number of carboxylic acids is 1. The van der Waals surface area contributed by atoms with E-state index in [2.05, 4.69) is 4.72 Å². The van der Waals surface area contributed by atoms with Crippen LogP contribution in [-0.2, 0) is 25.0 Å². The maximum atomic E-state index is 13.7.